The number of thiophene rings is 2. The standard InChI is InChI=1S/C29H36N4O2S2/c1-4-9-24(29(35)30-15-14-22-10-7-16-36-22)32-28(34)20-12-13-26-25(18-20)31-27(19-23-11-8-17-37-23)33(26)21(5-2)6-3/h7-8,10-13,16-18,21,24H,4-6,9,14-15,19H2,1-3H3,(H,30,35)(H,32,34)/t24-/m0/s1. The van der Waals surface area contributed by atoms with E-state index in [2.05, 4.69) is 52.6 Å². The number of hydrogen-bond acceptors (Lipinski definition) is 5. The van der Waals surface area contributed by atoms with Crippen LogP contribution in [0.15, 0.2) is 53.2 Å². The van der Waals surface area contributed by atoms with E-state index >= 15 is 0 Å². The molecule has 4 rings (SSSR count). The molecule has 37 heavy (non-hydrogen) atoms. The first kappa shape index (κ1) is 27.1. The van der Waals surface area contributed by atoms with Gasteiger partial charge in [0.1, 0.15) is 11.9 Å². The molecule has 3 heterocycles. The Hall–Kier alpha value is -2.97. The summed E-state index contributed by atoms with van der Waals surface area (Å²) in [5, 5.41) is 10.1. The normalized spacial score (nSPS) is 12.2. The fourth-order valence-electron chi connectivity index (χ4n) is 4.73. The van der Waals surface area contributed by atoms with E-state index in [1.54, 1.807) is 22.7 Å². The number of hydrogen-bond donors (Lipinski definition) is 2. The van der Waals surface area contributed by atoms with Crippen LogP contribution in [0.4, 0.5) is 0 Å². The summed E-state index contributed by atoms with van der Waals surface area (Å²) >= 11 is 3.42. The third-order valence-electron chi connectivity index (χ3n) is 6.69. The first-order chi connectivity index (χ1) is 18.0. The van der Waals surface area contributed by atoms with E-state index < -0.39 is 6.04 Å². The summed E-state index contributed by atoms with van der Waals surface area (Å²) in [7, 11) is 0. The third kappa shape index (κ3) is 6.67. The van der Waals surface area contributed by atoms with Gasteiger partial charge in [0.25, 0.3) is 5.91 Å². The lowest BCUT2D eigenvalue weighted by Crippen LogP contribution is -2.47. The van der Waals surface area contributed by atoms with Crippen molar-refractivity contribution >= 4 is 45.5 Å². The number of carbonyl (C=O) groups is 2. The van der Waals surface area contributed by atoms with Gasteiger partial charge in [-0.25, -0.2) is 4.98 Å². The largest absolute Gasteiger partial charge is 0.354 e. The maximum Gasteiger partial charge on any atom is 0.252 e. The average Bonchev–Trinajstić information content (AvgIpc) is 3.67. The minimum absolute atomic E-state index is 0.135. The van der Waals surface area contributed by atoms with Crippen LogP contribution in [-0.4, -0.2) is 34.0 Å². The number of rotatable bonds is 13. The molecular formula is C29H36N4O2S2. The Labute approximate surface area is 227 Å². The maximum atomic E-state index is 13.2. The molecule has 0 fully saturated rings. The lowest BCUT2D eigenvalue weighted by atomic mass is 10.1. The lowest BCUT2D eigenvalue weighted by Gasteiger charge is -2.19. The summed E-state index contributed by atoms with van der Waals surface area (Å²) in [6, 6.07) is 13.8. The second-order valence-electron chi connectivity index (χ2n) is 9.26. The van der Waals surface area contributed by atoms with E-state index in [0.717, 1.165) is 49.0 Å². The highest BCUT2D eigenvalue weighted by Crippen LogP contribution is 2.28. The third-order valence-corrected chi connectivity index (χ3v) is 8.51. The molecule has 1 atom stereocenters. The molecule has 0 saturated heterocycles. The van der Waals surface area contributed by atoms with Crippen molar-refractivity contribution in [1.29, 1.82) is 0 Å². The Kier molecular flexibility index (Phi) is 9.52. The van der Waals surface area contributed by atoms with Gasteiger partial charge >= 0.3 is 0 Å². The van der Waals surface area contributed by atoms with E-state index in [0.29, 0.717) is 24.6 Å². The van der Waals surface area contributed by atoms with Crippen LogP contribution in [0.2, 0.25) is 0 Å². The molecule has 0 aliphatic carbocycles. The molecule has 0 saturated carbocycles. The molecular weight excluding hydrogens is 500 g/mol. The van der Waals surface area contributed by atoms with Gasteiger partial charge in [-0.3, -0.25) is 9.59 Å². The number of imidazole rings is 1. The molecule has 1 aromatic carbocycles. The van der Waals surface area contributed by atoms with Crippen LogP contribution in [0.1, 0.15) is 78.4 Å². The molecule has 3 aromatic heterocycles. The van der Waals surface area contributed by atoms with Crippen LogP contribution in [0, 0.1) is 0 Å². The number of fused-ring (bicyclic) bond motifs is 1. The highest BCUT2D eigenvalue weighted by Gasteiger charge is 2.22. The Bertz CT molecular complexity index is 1290. The van der Waals surface area contributed by atoms with Crippen molar-refractivity contribution in [3.8, 4) is 0 Å². The summed E-state index contributed by atoms with van der Waals surface area (Å²) in [6.07, 6.45) is 4.99. The van der Waals surface area contributed by atoms with E-state index in [4.69, 9.17) is 4.98 Å². The predicted octanol–water partition coefficient (Wildman–Crippen LogP) is 6.37. The van der Waals surface area contributed by atoms with Crippen LogP contribution in [0.5, 0.6) is 0 Å². The van der Waals surface area contributed by atoms with Crippen LogP contribution in [0.25, 0.3) is 11.0 Å². The van der Waals surface area contributed by atoms with E-state index in [1.807, 2.05) is 36.6 Å². The van der Waals surface area contributed by atoms with Gasteiger partial charge in [-0.1, -0.05) is 39.3 Å². The first-order valence-electron chi connectivity index (χ1n) is 13.2. The number of nitrogens with zero attached hydrogens (tertiary/aromatic N) is 2. The minimum Gasteiger partial charge on any atom is -0.354 e. The molecule has 8 heteroatoms. The first-order valence-corrected chi connectivity index (χ1v) is 14.9. The minimum atomic E-state index is -0.562. The van der Waals surface area contributed by atoms with Crippen molar-refractivity contribution in [3.05, 3.63) is 74.4 Å². The highest BCUT2D eigenvalue weighted by molar-refractivity contribution is 7.10. The number of benzene rings is 1. The molecule has 2 N–H and O–H groups in total. The van der Waals surface area contributed by atoms with E-state index in [-0.39, 0.29) is 11.8 Å². The number of amides is 2. The second kappa shape index (κ2) is 13.0. The lowest BCUT2D eigenvalue weighted by molar-refractivity contribution is -0.123. The van der Waals surface area contributed by atoms with Crippen molar-refractivity contribution in [2.75, 3.05) is 6.54 Å². The fraction of sp³-hybridized carbons (Fsp3) is 0.414. The monoisotopic (exact) mass is 536 g/mol. The second-order valence-corrected chi connectivity index (χ2v) is 11.3. The van der Waals surface area contributed by atoms with Crippen LogP contribution in [-0.2, 0) is 17.6 Å². The van der Waals surface area contributed by atoms with Crippen molar-refractivity contribution in [1.82, 2.24) is 20.2 Å². The SMILES string of the molecule is CCC[C@H](NC(=O)c1ccc2c(c1)nc(Cc1cccs1)n2C(CC)CC)C(=O)NCCc1cccs1. The molecule has 4 aromatic rings. The topological polar surface area (TPSA) is 76.0 Å². The number of carbonyl (C=O) groups excluding carboxylic acids is 2. The Balaban J connectivity index is 1.51. The highest BCUT2D eigenvalue weighted by atomic mass is 32.1. The van der Waals surface area contributed by atoms with Crippen LogP contribution < -0.4 is 10.6 Å². The van der Waals surface area contributed by atoms with Gasteiger partial charge in [-0.2, -0.15) is 0 Å². The molecule has 0 spiro atoms. The van der Waals surface area contributed by atoms with Crippen molar-refractivity contribution in [3.63, 3.8) is 0 Å². The predicted molar refractivity (Wildman–Crippen MR) is 154 cm³/mol. The zero-order chi connectivity index (χ0) is 26.2. The summed E-state index contributed by atoms with van der Waals surface area (Å²) < 4.78 is 2.34. The molecule has 0 aliphatic rings. The van der Waals surface area contributed by atoms with E-state index in [1.165, 1.54) is 9.75 Å². The van der Waals surface area contributed by atoms with Crippen molar-refractivity contribution < 1.29 is 9.59 Å². The van der Waals surface area contributed by atoms with Gasteiger partial charge in [0, 0.05) is 34.3 Å². The van der Waals surface area contributed by atoms with Gasteiger partial charge in [0.15, 0.2) is 0 Å². The summed E-state index contributed by atoms with van der Waals surface area (Å²) in [4.78, 5) is 33.5. The van der Waals surface area contributed by atoms with Gasteiger partial charge in [0.2, 0.25) is 5.91 Å². The summed E-state index contributed by atoms with van der Waals surface area (Å²) in [5.74, 6) is 0.646. The average molecular weight is 537 g/mol. The molecule has 0 bridgehead atoms. The molecule has 196 valence electrons. The molecule has 0 aliphatic heterocycles. The molecule has 0 unspecified atom stereocenters. The Morgan fingerprint density at radius 2 is 1.73 bits per heavy atom. The van der Waals surface area contributed by atoms with E-state index in [9.17, 15) is 9.59 Å². The molecule has 2 amide bonds. The van der Waals surface area contributed by atoms with Crippen molar-refractivity contribution in [2.24, 2.45) is 0 Å². The number of nitrogens with one attached hydrogen (secondary N) is 2. The number of aromatic nitrogens is 2. The smallest absolute Gasteiger partial charge is 0.252 e. The quantitative estimate of drug-likeness (QED) is 0.208. The summed E-state index contributed by atoms with van der Waals surface area (Å²) in [6.45, 7) is 6.98. The van der Waals surface area contributed by atoms with Crippen LogP contribution in [0.3, 0.4) is 0 Å². The summed E-state index contributed by atoms with van der Waals surface area (Å²) in [5.41, 5.74) is 2.39. The Morgan fingerprint density at radius 3 is 2.38 bits per heavy atom. The fourth-order valence-corrected chi connectivity index (χ4v) is 6.14. The van der Waals surface area contributed by atoms with Gasteiger partial charge in [0.05, 0.1) is 11.0 Å². The van der Waals surface area contributed by atoms with Crippen LogP contribution >= 0.6 is 22.7 Å². The molecule has 6 nitrogen and oxygen atoms in total. The van der Waals surface area contributed by atoms with Gasteiger partial charge < -0.3 is 15.2 Å². The molecule has 0 radical (unpaired) electrons. The zero-order valence-corrected chi connectivity index (χ0v) is 23.5. The maximum absolute atomic E-state index is 13.2. The Morgan fingerprint density at radius 1 is 1.00 bits per heavy atom. The zero-order valence-electron chi connectivity index (χ0n) is 21.8. The van der Waals surface area contributed by atoms with Gasteiger partial charge in [-0.05, 0) is 66.8 Å². The van der Waals surface area contributed by atoms with Gasteiger partial charge in [-0.15, -0.1) is 22.7 Å². The van der Waals surface area contributed by atoms with Crippen molar-refractivity contribution in [2.45, 2.75) is 71.4 Å².